The standard InChI is InChI=1S/C8H10.C4H8.C4H6.C2H6.CH4/c1-7-3-5-8(2)6-4-7;2*1-3-4-2;1-2;/h3-6H,1-2H3;3-4H,1-2H3;1-2H3;1-2H3;1H4. The van der Waals surface area contributed by atoms with E-state index in [1.165, 1.54) is 11.1 Å². The predicted octanol–water partition coefficient (Wildman–Crippen LogP) is 6.58. The Hall–Kier alpha value is -1.48. The van der Waals surface area contributed by atoms with Crippen molar-refractivity contribution >= 4 is 0 Å². The van der Waals surface area contributed by atoms with Crippen LogP contribution in [0.4, 0.5) is 0 Å². The molecule has 0 heteroatoms. The highest BCUT2D eigenvalue weighted by molar-refractivity contribution is 5.19. The molecular formula is C19H34. The molecule has 0 N–H and O–H groups in total. The molecule has 1 rings (SSSR count). The molecular weight excluding hydrogens is 228 g/mol. The lowest BCUT2D eigenvalue weighted by atomic mass is 10.2. The molecule has 0 amide bonds. The first-order chi connectivity index (χ1) is 8.62. The molecule has 1 aromatic carbocycles. The number of rotatable bonds is 0. The summed E-state index contributed by atoms with van der Waals surface area (Å²) < 4.78 is 0. The van der Waals surface area contributed by atoms with Crippen LogP contribution in [-0.2, 0) is 0 Å². The van der Waals surface area contributed by atoms with Gasteiger partial charge in [-0.3, -0.25) is 0 Å². The van der Waals surface area contributed by atoms with Gasteiger partial charge in [0.25, 0.3) is 0 Å². The fraction of sp³-hybridized carbons (Fsp3) is 0.474. The Balaban J connectivity index is -0.0000000890. The van der Waals surface area contributed by atoms with E-state index in [-0.39, 0.29) is 7.43 Å². The van der Waals surface area contributed by atoms with Crippen LogP contribution in [0.1, 0.15) is 60.1 Å². The third-order valence-electron chi connectivity index (χ3n) is 1.80. The molecule has 0 radical (unpaired) electrons. The van der Waals surface area contributed by atoms with Gasteiger partial charge >= 0.3 is 0 Å². The van der Waals surface area contributed by atoms with Crippen LogP contribution in [0.3, 0.4) is 0 Å². The molecule has 0 fully saturated rings. The minimum absolute atomic E-state index is 0. The first kappa shape index (κ1) is 26.2. The van der Waals surface area contributed by atoms with Gasteiger partial charge in [0, 0.05) is 0 Å². The fourth-order valence-corrected chi connectivity index (χ4v) is 0.637. The van der Waals surface area contributed by atoms with Crippen molar-refractivity contribution in [2.75, 3.05) is 0 Å². The van der Waals surface area contributed by atoms with E-state index >= 15 is 0 Å². The van der Waals surface area contributed by atoms with Gasteiger partial charge in [0.15, 0.2) is 0 Å². The Bertz CT molecular complexity index is 286. The molecule has 0 spiro atoms. The van der Waals surface area contributed by atoms with Crippen molar-refractivity contribution < 1.29 is 0 Å². The summed E-state index contributed by atoms with van der Waals surface area (Å²) in [6.07, 6.45) is 4.00. The van der Waals surface area contributed by atoms with Gasteiger partial charge in [-0.25, -0.2) is 0 Å². The van der Waals surface area contributed by atoms with Gasteiger partial charge in [-0.05, 0) is 41.5 Å². The van der Waals surface area contributed by atoms with E-state index in [1.807, 2.05) is 53.7 Å². The summed E-state index contributed by atoms with van der Waals surface area (Å²) in [5.74, 6) is 5.36. The van der Waals surface area contributed by atoms with Gasteiger partial charge in [-0.2, -0.15) is 0 Å². The van der Waals surface area contributed by atoms with Crippen LogP contribution in [0, 0.1) is 25.7 Å². The van der Waals surface area contributed by atoms with E-state index in [0.717, 1.165) is 0 Å². The van der Waals surface area contributed by atoms with Crippen molar-refractivity contribution in [3.63, 3.8) is 0 Å². The maximum Gasteiger partial charge on any atom is -0.00271 e. The van der Waals surface area contributed by atoms with Crippen molar-refractivity contribution in [3.05, 3.63) is 47.5 Å². The Morgan fingerprint density at radius 2 is 0.947 bits per heavy atom. The molecule has 0 nitrogen and oxygen atoms in total. The van der Waals surface area contributed by atoms with Crippen molar-refractivity contribution in [2.24, 2.45) is 0 Å². The maximum atomic E-state index is 2.68. The molecule has 0 bridgehead atoms. The van der Waals surface area contributed by atoms with Crippen molar-refractivity contribution in [1.29, 1.82) is 0 Å². The van der Waals surface area contributed by atoms with E-state index in [4.69, 9.17) is 0 Å². The van der Waals surface area contributed by atoms with Crippen LogP contribution in [-0.4, -0.2) is 0 Å². The molecule has 0 aliphatic heterocycles. The lowest BCUT2D eigenvalue weighted by molar-refractivity contribution is 1.40. The SMILES string of the molecule is C.CC.CC#CC.CC=CC.Cc1ccc(C)cc1. The van der Waals surface area contributed by atoms with E-state index in [1.54, 1.807) is 0 Å². The monoisotopic (exact) mass is 262 g/mol. The Morgan fingerprint density at radius 1 is 0.737 bits per heavy atom. The molecule has 0 saturated carbocycles. The molecule has 0 aromatic heterocycles. The Kier molecular flexibility index (Phi) is 34.9. The third-order valence-corrected chi connectivity index (χ3v) is 1.80. The second-order valence-electron chi connectivity index (χ2n) is 3.32. The van der Waals surface area contributed by atoms with Crippen LogP contribution in [0.5, 0.6) is 0 Å². The summed E-state index contributed by atoms with van der Waals surface area (Å²) in [7, 11) is 0. The van der Waals surface area contributed by atoms with E-state index in [9.17, 15) is 0 Å². The highest BCUT2D eigenvalue weighted by atomic mass is 13.9. The summed E-state index contributed by atoms with van der Waals surface area (Å²) in [4.78, 5) is 0. The van der Waals surface area contributed by atoms with Gasteiger partial charge in [-0.1, -0.05) is 68.8 Å². The van der Waals surface area contributed by atoms with Gasteiger partial charge in [0.1, 0.15) is 0 Å². The van der Waals surface area contributed by atoms with Gasteiger partial charge in [0.05, 0.1) is 0 Å². The maximum absolute atomic E-state index is 2.68. The third kappa shape index (κ3) is 31.5. The van der Waals surface area contributed by atoms with Crippen LogP contribution in [0.25, 0.3) is 0 Å². The molecule has 0 aliphatic carbocycles. The number of hydrogen-bond acceptors (Lipinski definition) is 0. The molecule has 1 aromatic rings. The first-order valence-corrected chi connectivity index (χ1v) is 6.56. The number of aryl methyl sites for hydroxylation is 2. The second kappa shape index (κ2) is 25.4. The second-order valence-corrected chi connectivity index (χ2v) is 3.32. The van der Waals surface area contributed by atoms with Crippen LogP contribution >= 0.6 is 0 Å². The van der Waals surface area contributed by atoms with Crippen molar-refractivity contribution in [3.8, 4) is 11.8 Å². The largest absolute Gasteiger partial charge is 0.107 e. The van der Waals surface area contributed by atoms with Gasteiger partial charge < -0.3 is 0 Å². The summed E-state index contributed by atoms with van der Waals surface area (Å²) in [6.45, 7) is 15.8. The molecule has 0 saturated heterocycles. The van der Waals surface area contributed by atoms with Crippen LogP contribution < -0.4 is 0 Å². The van der Waals surface area contributed by atoms with Gasteiger partial charge in [0.2, 0.25) is 0 Å². The Morgan fingerprint density at radius 3 is 1.05 bits per heavy atom. The van der Waals surface area contributed by atoms with Gasteiger partial charge in [-0.15, -0.1) is 11.8 Å². The predicted molar refractivity (Wildman–Crippen MR) is 93.6 cm³/mol. The molecule has 0 unspecified atom stereocenters. The molecule has 0 heterocycles. The highest BCUT2D eigenvalue weighted by Gasteiger charge is 1.79. The van der Waals surface area contributed by atoms with E-state index in [0.29, 0.717) is 0 Å². The molecule has 19 heavy (non-hydrogen) atoms. The lowest BCUT2D eigenvalue weighted by Gasteiger charge is -1.90. The van der Waals surface area contributed by atoms with E-state index in [2.05, 4.69) is 50.0 Å². The smallest absolute Gasteiger partial charge is 0.00271 e. The fourth-order valence-electron chi connectivity index (χ4n) is 0.637. The quantitative estimate of drug-likeness (QED) is 0.366. The zero-order valence-electron chi connectivity index (χ0n) is 13.5. The zero-order chi connectivity index (χ0) is 14.8. The number of benzene rings is 1. The summed E-state index contributed by atoms with van der Waals surface area (Å²) in [5, 5.41) is 0. The highest BCUT2D eigenvalue weighted by Crippen LogP contribution is 1.99. The molecule has 0 aliphatic rings. The molecule has 0 atom stereocenters. The van der Waals surface area contributed by atoms with Crippen LogP contribution in [0.2, 0.25) is 0 Å². The lowest BCUT2D eigenvalue weighted by Crippen LogP contribution is -1.70. The van der Waals surface area contributed by atoms with Crippen molar-refractivity contribution in [1.82, 2.24) is 0 Å². The topological polar surface area (TPSA) is 0 Å². The van der Waals surface area contributed by atoms with E-state index < -0.39 is 0 Å². The molecule has 110 valence electrons. The number of hydrogen-bond donors (Lipinski definition) is 0. The minimum Gasteiger partial charge on any atom is -0.107 e. The average Bonchev–Trinajstić information content (AvgIpc) is 2.45. The zero-order valence-corrected chi connectivity index (χ0v) is 13.5. The minimum atomic E-state index is 0. The summed E-state index contributed by atoms with van der Waals surface area (Å²) >= 11 is 0. The number of allylic oxidation sites excluding steroid dienone is 2. The van der Waals surface area contributed by atoms with Crippen molar-refractivity contribution in [2.45, 2.75) is 62.8 Å². The van der Waals surface area contributed by atoms with Crippen LogP contribution in [0.15, 0.2) is 36.4 Å². The summed E-state index contributed by atoms with van der Waals surface area (Å²) in [5.41, 5.74) is 2.66. The average molecular weight is 262 g/mol. The Labute approximate surface area is 123 Å². The first-order valence-electron chi connectivity index (χ1n) is 6.56. The summed E-state index contributed by atoms with van der Waals surface area (Å²) in [6, 6.07) is 8.48. The normalized spacial score (nSPS) is 6.95.